The maximum atomic E-state index is 13.0. The predicted molar refractivity (Wildman–Crippen MR) is 122 cm³/mol. The van der Waals surface area contributed by atoms with Crippen LogP contribution in [0, 0.1) is 0 Å². The van der Waals surface area contributed by atoms with Gasteiger partial charge in [-0.25, -0.2) is 13.4 Å². The number of carboxylic acids is 1. The molecular weight excluding hydrogens is 430 g/mol. The van der Waals surface area contributed by atoms with Crippen molar-refractivity contribution in [2.75, 3.05) is 12.8 Å². The average molecular weight is 452 g/mol. The number of hydrogen-bond acceptors (Lipinski definition) is 6. The molecule has 0 radical (unpaired) electrons. The summed E-state index contributed by atoms with van der Waals surface area (Å²) in [5, 5.41) is 12.7. The number of nitrogens with zero attached hydrogens (tertiary/aromatic N) is 1. The van der Waals surface area contributed by atoms with Gasteiger partial charge in [-0.1, -0.05) is 30.3 Å². The minimum absolute atomic E-state index is 0.0261. The fourth-order valence-electron chi connectivity index (χ4n) is 3.55. The van der Waals surface area contributed by atoms with Crippen molar-refractivity contribution < 1.29 is 23.1 Å². The molecule has 0 aliphatic rings. The first-order valence-corrected chi connectivity index (χ1v) is 11.2. The minimum Gasteiger partial charge on any atom is -0.497 e. The van der Waals surface area contributed by atoms with Crippen molar-refractivity contribution in [1.82, 2.24) is 9.71 Å². The van der Waals surface area contributed by atoms with Gasteiger partial charge in [-0.3, -0.25) is 4.79 Å². The summed E-state index contributed by atoms with van der Waals surface area (Å²) in [4.78, 5) is 15.9. The van der Waals surface area contributed by atoms with Gasteiger partial charge in [-0.05, 0) is 58.5 Å². The Morgan fingerprint density at radius 1 is 1.06 bits per heavy atom. The Morgan fingerprint density at radius 3 is 2.59 bits per heavy atom. The SMILES string of the molecule is COc1ccc2ccc(S(=O)(=O)NC(Cc3ccc4c(N)nccc4c3)C(=O)O)cc2c1. The molecule has 0 aliphatic carbocycles. The molecule has 1 atom stereocenters. The minimum atomic E-state index is -4.09. The van der Waals surface area contributed by atoms with Crippen molar-refractivity contribution in [2.45, 2.75) is 17.4 Å². The molecule has 9 heteroatoms. The van der Waals surface area contributed by atoms with Crippen molar-refractivity contribution in [1.29, 1.82) is 0 Å². The van der Waals surface area contributed by atoms with E-state index in [1.54, 1.807) is 48.7 Å². The van der Waals surface area contributed by atoms with Gasteiger partial charge in [-0.2, -0.15) is 4.72 Å². The first kappa shape index (κ1) is 21.5. The lowest BCUT2D eigenvalue weighted by molar-refractivity contribution is -0.138. The molecule has 0 amide bonds. The van der Waals surface area contributed by atoms with Crippen molar-refractivity contribution in [3.63, 3.8) is 0 Å². The van der Waals surface area contributed by atoms with Crippen LogP contribution in [0.3, 0.4) is 0 Å². The van der Waals surface area contributed by atoms with E-state index in [1.807, 2.05) is 6.07 Å². The molecule has 0 aliphatic heterocycles. The van der Waals surface area contributed by atoms with Gasteiger partial charge >= 0.3 is 5.97 Å². The Bertz CT molecular complexity index is 1440. The standard InChI is InChI=1S/C23H21N3O5S/c1-31-18-5-3-15-4-6-19(13-17(15)12-18)32(29,30)26-21(23(27)28)11-14-2-7-20-16(10-14)8-9-25-22(20)24/h2-10,12-13,21,26H,11H2,1H3,(H2,24,25)(H,27,28). The number of benzene rings is 3. The smallest absolute Gasteiger partial charge is 0.322 e. The maximum absolute atomic E-state index is 13.0. The highest BCUT2D eigenvalue weighted by molar-refractivity contribution is 7.89. The van der Waals surface area contributed by atoms with Crippen LogP contribution in [-0.2, 0) is 21.2 Å². The normalized spacial score (nSPS) is 12.7. The van der Waals surface area contributed by atoms with Crippen LogP contribution in [0.1, 0.15) is 5.56 Å². The largest absolute Gasteiger partial charge is 0.497 e. The summed E-state index contributed by atoms with van der Waals surface area (Å²) in [6.45, 7) is 0. The lowest BCUT2D eigenvalue weighted by atomic mass is 10.0. The third kappa shape index (κ3) is 4.34. The van der Waals surface area contributed by atoms with Crippen LogP contribution in [-0.4, -0.2) is 37.6 Å². The molecule has 1 unspecified atom stereocenters. The summed E-state index contributed by atoms with van der Waals surface area (Å²) in [6.07, 6.45) is 1.53. The molecule has 0 fully saturated rings. The van der Waals surface area contributed by atoms with Gasteiger partial charge in [0.2, 0.25) is 10.0 Å². The van der Waals surface area contributed by atoms with Crippen LogP contribution >= 0.6 is 0 Å². The lowest BCUT2D eigenvalue weighted by Gasteiger charge is -2.16. The second-order valence-corrected chi connectivity index (χ2v) is 9.06. The molecule has 164 valence electrons. The van der Waals surface area contributed by atoms with Crippen LogP contribution in [0.15, 0.2) is 71.8 Å². The van der Waals surface area contributed by atoms with Gasteiger partial charge in [0.1, 0.15) is 17.6 Å². The number of anilines is 1. The highest BCUT2D eigenvalue weighted by Crippen LogP contribution is 2.24. The van der Waals surface area contributed by atoms with E-state index >= 15 is 0 Å². The number of nitrogens with two attached hydrogens (primary N) is 1. The number of methoxy groups -OCH3 is 1. The van der Waals surface area contributed by atoms with E-state index in [0.29, 0.717) is 22.5 Å². The molecule has 8 nitrogen and oxygen atoms in total. The lowest BCUT2D eigenvalue weighted by Crippen LogP contribution is -2.42. The topological polar surface area (TPSA) is 132 Å². The number of hydrogen-bond donors (Lipinski definition) is 3. The Hall–Kier alpha value is -3.69. The summed E-state index contributed by atoms with van der Waals surface area (Å²) in [5.74, 6) is -0.307. The predicted octanol–water partition coefficient (Wildman–Crippen LogP) is 2.95. The highest BCUT2D eigenvalue weighted by Gasteiger charge is 2.26. The Morgan fingerprint density at radius 2 is 1.84 bits per heavy atom. The number of carbonyl (C=O) groups is 1. The van der Waals surface area contributed by atoms with Gasteiger partial charge in [0.25, 0.3) is 0 Å². The number of nitrogen functional groups attached to an aromatic ring is 1. The third-order valence-electron chi connectivity index (χ3n) is 5.22. The van der Waals surface area contributed by atoms with Crippen LogP contribution in [0.4, 0.5) is 5.82 Å². The quantitative estimate of drug-likeness (QED) is 0.394. The zero-order valence-corrected chi connectivity index (χ0v) is 18.0. The summed E-state index contributed by atoms with van der Waals surface area (Å²) < 4.78 is 33.4. The van der Waals surface area contributed by atoms with Crippen molar-refractivity contribution in [3.05, 3.63) is 72.4 Å². The number of rotatable bonds is 7. The number of carboxylic acid groups (broad SMARTS) is 1. The molecule has 4 rings (SSSR count). The molecule has 1 heterocycles. The zero-order valence-electron chi connectivity index (χ0n) is 17.1. The van der Waals surface area contributed by atoms with Gasteiger partial charge in [0.05, 0.1) is 12.0 Å². The Labute approximate surface area is 184 Å². The molecule has 32 heavy (non-hydrogen) atoms. The molecule has 0 saturated carbocycles. The molecule has 4 aromatic rings. The zero-order chi connectivity index (χ0) is 22.9. The maximum Gasteiger partial charge on any atom is 0.322 e. The number of ether oxygens (including phenoxy) is 1. The Kier molecular flexibility index (Phi) is 5.68. The summed E-state index contributed by atoms with van der Waals surface area (Å²) in [6, 6.07) is 15.6. The van der Waals surface area contributed by atoms with E-state index in [-0.39, 0.29) is 11.3 Å². The second-order valence-electron chi connectivity index (χ2n) is 7.34. The number of pyridine rings is 1. The molecule has 0 spiro atoms. The molecule has 4 N–H and O–H groups in total. The summed E-state index contributed by atoms with van der Waals surface area (Å²) >= 11 is 0. The van der Waals surface area contributed by atoms with E-state index in [2.05, 4.69) is 9.71 Å². The third-order valence-corrected chi connectivity index (χ3v) is 6.69. The molecule has 1 aromatic heterocycles. The van der Waals surface area contributed by atoms with E-state index in [9.17, 15) is 18.3 Å². The van der Waals surface area contributed by atoms with Gasteiger partial charge in [0.15, 0.2) is 0 Å². The summed E-state index contributed by atoms with van der Waals surface area (Å²) in [5.41, 5.74) is 6.51. The van der Waals surface area contributed by atoms with E-state index < -0.39 is 22.0 Å². The van der Waals surface area contributed by atoms with Crippen LogP contribution < -0.4 is 15.2 Å². The first-order chi connectivity index (χ1) is 15.3. The molecule has 0 bridgehead atoms. The number of fused-ring (bicyclic) bond motifs is 2. The van der Waals surface area contributed by atoms with E-state index in [1.165, 1.54) is 19.2 Å². The number of nitrogens with one attached hydrogen (secondary N) is 1. The Balaban J connectivity index is 1.62. The van der Waals surface area contributed by atoms with Gasteiger partial charge in [0, 0.05) is 11.6 Å². The number of aliphatic carboxylic acids is 1. The fraction of sp³-hybridized carbons (Fsp3) is 0.130. The van der Waals surface area contributed by atoms with Crippen molar-refractivity contribution >= 4 is 43.4 Å². The molecular formula is C23H21N3O5S. The number of sulfonamides is 1. The summed E-state index contributed by atoms with van der Waals surface area (Å²) in [7, 11) is -2.56. The molecule has 0 saturated heterocycles. The van der Waals surface area contributed by atoms with Crippen LogP contribution in [0.25, 0.3) is 21.5 Å². The second kappa shape index (κ2) is 8.45. The molecule has 3 aromatic carbocycles. The van der Waals surface area contributed by atoms with Crippen LogP contribution in [0.5, 0.6) is 5.75 Å². The monoisotopic (exact) mass is 451 g/mol. The van der Waals surface area contributed by atoms with E-state index in [4.69, 9.17) is 10.5 Å². The van der Waals surface area contributed by atoms with Crippen LogP contribution in [0.2, 0.25) is 0 Å². The number of aromatic nitrogens is 1. The van der Waals surface area contributed by atoms with Gasteiger partial charge < -0.3 is 15.6 Å². The van der Waals surface area contributed by atoms with Crippen molar-refractivity contribution in [2.24, 2.45) is 0 Å². The van der Waals surface area contributed by atoms with Crippen molar-refractivity contribution in [3.8, 4) is 5.75 Å². The first-order valence-electron chi connectivity index (χ1n) is 9.73. The van der Waals surface area contributed by atoms with Gasteiger partial charge in [-0.15, -0.1) is 0 Å². The highest BCUT2D eigenvalue weighted by atomic mass is 32.2. The fourth-order valence-corrected chi connectivity index (χ4v) is 4.77. The average Bonchev–Trinajstić information content (AvgIpc) is 2.77. The van der Waals surface area contributed by atoms with E-state index in [0.717, 1.165) is 16.2 Å².